The summed E-state index contributed by atoms with van der Waals surface area (Å²) < 4.78 is 16.3. The minimum Gasteiger partial charge on any atom is -0.492 e. The van der Waals surface area contributed by atoms with Gasteiger partial charge in [-0.1, -0.05) is 0 Å². The SMILES string of the molecule is CCOc1cc(/C=N\Nc2nc(CC(=O)OC)cs2)cc(Br)c1OC. The number of carbonyl (C=O) groups is 1. The number of esters is 1. The van der Waals surface area contributed by atoms with Gasteiger partial charge in [-0.2, -0.15) is 5.10 Å². The predicted molar refractivity (Wildman–Crippen MR) is 101 cm³/mol. The monoisotopic (exact) mass is 427 g/mol. The molecule has 7 nitrogen and oxygen atoms in total. The summed E-state index contributed by atoms with van der Waals surface area (Å²) in [6.07, 6.45) is 1.79. The van der Waals surface area contributed by atoms with Crippen molar-refractivity contribution < 1.29 is 19.0 Å². The quantitative estimate of drug-likeness (QED) is 0.394. The lowest BCUT2D eigenvalue weighted by atomic mass is 10.2. The average Bonchev–Trinajstić information content (AvgIpc) is 3.02. The van der Waals surface area contributed by atoms with Crippen LogP contribution >= 0.6 is 27.3 Å². The molecule has 2 aromatic rings. The highest BCUT2D eigenvalue weighted by Gasteiger charge is 2.10. The molecule has 1 heterocycles. The molecule has 25 heavy (non-hydrogen) atoms. The molecule has 1 aromatic carbocycles. The lowest BCUT2D eigenvalue weighted by Crippen LogP contribution is -2.04. The maximum atomic E-state index is 11.2. The zero-order valence-electron chi connectivity index (χ0n) is 14.0. The molecular formula is C16H18BrN3O4S. The second-order valence-electron chi connectivity index (χ2n) is 4.73. The van der Waals surface area contributed by atoms with E-state index in [1.165, 1.54) is 18.4 Å². The van der Waals surface area contributed by atoms with Gasteiger partial charge in [0.05, 0.1) is 43.6 Å². The minimum atomic E-state index is -0.327. The molecule has 0 fully saturated rings. The van der Waals surface area contributed by atoms with E-state index in [2.05, 4.69) is 36.2 Å². The van der Waals surface area contributed by atoms with E-state index in [-0.39, 0.29) is 12.4 Å². The zero-order valence-corrected chi connectivity index (χ0v) is 16.4. The number of nitrogens with zero attached hydrogens (tertiary/aromatic N) is 2. The number of methoxy groups -OCH3 is 2. The molecule has 0 spiro atoms. The minimum absolute atomic E-state index is 0.140. The van der Waals surface area contributed by atoms with Crippen molar-refractivity contribution in [2.45, 2.75) is 13.3 Å². The largest absolute Gasteiger partial charge is 0.492 e. The van der Waals surface area contributed by atoms with E-state index in [0.717, 1.165) is 10.0 Å². The van der Waals surface area contributed by atoms with Crippen molar-refractivity contribution in [3.63, 3.8) is 0 Å². The molecule has 1 N–H and O–H groups in total. The Morgan fingerprint density at radius 3 is 2.92 bits per heavy atom. The standard InChI is InChI=1S/C16H18BrN3O4S/c1-4-24-13-6-10(5-12(17)15(13)23-3)8-18-20-16-19-11(9-25-16)7-14(21)22-2/h5-6,8-9H,4,7H2,1-3H3,(H,19,20)/b18-8-. The lowest BCUT2D eigenvalue weighted by Gasteiger charge is -2.11. The number of hydrazone groups is 1. The average molecular weight is 428 g/mol. The first-order valence-electron chi connectivity index (χ1n) is 7.38. The van der Waals surface area contributed by atoms with Crippen LogP contribution < -0.4 is 14.9 Å². The number of carbonyl (C=O) groups excluding carboxylic acids is 1. The Morgan fingerprint density at radius 1 is 1.44 bits per heavy atom. The maximum Gasteiger partial charge on any atom is 0.311 e. The lowest BCUT2D eigenvalue weighted by molar-refractivity contribution is -0.139. The van der Waals surface area contributed by atoms with Crippen LogP contribution in [0, 0.1) is 0 Å². The van der Waals surface area contributed by atoms with Crippen molar-refractivity contribution in [1.82, 2.24) is 4.98 Å². The van der Waals surface area contributed by atoms with E-state index in [9.17, 15) is 4.79 Å². The summed E-state index contributed by atoms with van der Waals surface area (Å²) in [7, 11) is 2.94. The summed E-state index contributed by atoms with van der Waals surface area (Å²) in [5.41, 5.74) is 4.31. The summed E-state index contributed by atoms with van der Waals surface area (Å²) in [6, 6.07) is 3.71. The third-order valence-corrected chi connectivity index (χ3v) is 4.40. The molecule has 0 saturated heterocycles. The van der Waals surface area contributed by atoms with Crippen LogP contribution in [0.2, 0.25) is 0 Å². The van der Waals surface area contributed by atoms with Crippen molar-refractivity contribution in [2.75, 3.05) is 26.3 Å². The van der Waals surface area contributed by atoms with Gasteiger partial charge in [0, 0.05) is 5.38 Å². The second kappa shape index (κ2) is 9.38. The number of hydrogen-bond acceptors (Lipinski definition) is 8. The smallest absolute Gasteiger partial charge is 0.311 e. The number of benzene rings is 1. The molecule has 0 aliphatic heterocycles. The van der Waals surface area contributed by atoms with Crippen LogP contribution in [-0.2, 0) is 16.0 Å². The molecule has 0 bridgehead atoms. The first-order chi connectivity index (χ1) is 12.1. The van der Waals surface area contributed by atoms with Gasteiger partial charge in [-0.3, -0.25) is 10.2 Å². The van der Waals surface area contributed by atoms with Crippen LogP contribution in [-0.4, -0.2) is 38.0 Å². The Kier molecular flexibility index (Phi) is 7.20. The second-order valence-corrected chi connectivity index (χ2v) is 6.45. The molecule has 0 aliphatic rings. The molecule has 1 aromatic heterocycles. The molecule has 0 radical (unpaired) electrons. The molecular weight excluding hydrogens is 410 g/mol. The number of hydrogen-bond donors (Lipinski definition) is 1. The van der Waals surface area contributed by atoms with Gasteiger partial charge in [0.2, 0.25) is 5.13 Å². The number of rotatable bonds is 8. The first-order valence-corrected chi connectivity index (χ1v) is 9.05. The summed E-state index contributed by atoms with van der Waals surface area (Å²) in [5.74, 6) is 0.946. The normalized spacial score (nSPS) is 10.7. The molecule has 2 rings (SSSR count). The Labute approximate surface area is 158 Å². The number of thiazole rings is 1. The van der Waals surface area contributed by atoms with Crippen LogP contribution in [0.15, 0.2) is 27.1 Å². The van der Waals surface area contributed by atoms with Crippen LogP contribution in [0.5, 0.6) is 11.5 Å². The van der Waals surface area contributed by atoms with Crippen LogP contribution in [0.1, 0.15) is 18.2 Å². The Morgan fingerprint density at radius 2 is 2.24 bits per heavy atom. The van der Waals surface area contributed by atoms with E-state index in [0.29, 0.717) is 28.9 Å². The van der Waals surface area contributed by atoms with E-state index in [1.54, 1.807) is 18.7 Å². The summed E-state index contributed by atoms with van der Waals surface area (Å²) in [4.78, 5) is 15.5. The maximum absolute atomic E-state index is 11.2. The van der Waals surface area contributed by atoms with Crippen molar-refractivity contribution >= 4 is 44.6 Å². The van der Waals surface area contributed by atoms with Gasteiger partial charge in [-0.25, -0.2) is 4.98 Å². The van der Waals surface area contributed by atoms with Gasteiger partial charge in [-0.05, 0) is 40.5 Å². The Balaban J connectivity index is 2.05. The van der Waals surface area contributed by atoms with E-state index >= 15 is 0 Å². The summed E-state index contributed by atoms with van der Waals surface area (Å²) >= 11 is 4.82. The highest BCUT2D eigenvalue weighted by molar-refractivity contribution is 9.10. The van der Waals surface area contributed by atoms with Crippen molar-refractivity contribution in [1.29, 1.82) is 0 Å². The van der Waals surface area contributed by atoms with Crippen LogP contribution in [0.4, 0.5) is 5.13 Å². The zero-order chi connectivity index (χ0) is 18.2. The molecule has 0 atom stereocenters. The molecule has 134 valence electrons. The topological polar surface area (TPSA) is 82.0 Å². The number of anilines is 1. The Hall–Kier alpha value is -2.13. The summed E-state index contributed by atoms with van der Waals surface area (Å²) in [5, 5.41) is 6.54. The number of ether oxygens (including phenoxy) is 3. The highest BCUT2D eigenvalue weighted by Crippen LogP contribution is 2.36. The molecule has 0 aliphatic carbocycles. The van der Waals surface area contributed by atoms with Crippen molar-refractivity contribution in [3.8, 4) is 11.5 Å². The third kappa shape index (κ3) is 5.43. The number of nitrogens with one attached hydrogen (secondary N) is 1. The van der Waals surface area contributed by atoms with Gasteiger partial charge in [0.1, 0.15) is 0 Å². The fourth-order valence-corrected chi connectivity index (χ4v) is 3.23. The van der Waals surface area contributed by atoms with Gasteiger partial charge in [0.15, 0.2) is 11.5 Å². The fraction of sp³-hybridized carbons (Fsp3) is 0.312. The van der Waals surface area contributed by atoms with Gasteiger partial charge < -0.3 is 14.2 Å². The van der Waals surface area contributed by atoms with Gasteiger partial charge >= 0.3 is 5.97 Å². The van der Waals surface area contributed by atoms with Gasteiger partial charge in [-0.15, -0.1) is 11.3 Å². The third-order valence-electron chi connectivity index (χ3n) is 3.01. The van der Waals surface area contributed by atoms with Crippen molar-refractivity contribution in [3.05, 3.63) is 33.2 Å². The predicted octanol–water partition coefficient (Wildman–Crippen LogP) is 3.47. The molecule has 0 unspecified atom stereocenters. The van der Waals surface area contributed by atoms with Crippen LogP contribution in [0.3, 0.4) is 0 Å². The number of halogens is 1. The van der Waals surface area contributed by atoms with Gasteiger partial charge in [0.25, 0.3) is 0 Å². The fourth-order valence-electron chi connectivity index (χ4n) is 1.95. The van der Waals surface area contributed by atoms with Crippen molar-refractivity contribution in [2.24, 2.45) is 5.10 Å². The van der Waals surface area contributed by atoms with Crippen LogP contribution in [0.25, 0.3) is 0 Å². The molecule has 0 amide bonds. The summed E-state index contributed by atoms with van der Waals surface area (Å²) in [6.45, 7) is 2.44. The molecule has 0 saturated carbocycles. The van der Waals surface area contributed by atoms with E-state index < -0.39 is 0 Å². The first kappa shape index (κ1) is 19.2. The van der Waals surface area contributed by atoms with E-state index in [4.69, 9.17) is 9.47 Å². The number of aromatic nitrogens is 1. The Bertz CT molecular complexity index is 764. The van der Waals surface area contributed by atoms with E-state index in [1.807, 2.05) is 19.1 Å². The molecule has 9 heteroatoms. The highest BCUT2D eigenvalue weighted by atomic mass is 79.9.